The number of nitrogens with two attached hydrogens (primary N) is 1. The molecule has 0 spiro atoms. The predicted octanol–water partition coefficient (Wildman–Crippen LogP) is 0.795. The third kappa shape index (κ3) is 6.85. The largest absolute Gasteiger partial charge is 0.368 e. The summed E-state index contributed by atoms with van der Waals surface area (Å²) in [5.74, 6) is -0.888. The summed E-state index contributed by atoms with van der Waals surface area (Å²) >= 11 is 11.8. The fraction of sp³-hybridized carbons (Fsp3) is 0.235. The number of aromatic nitrogens is 1. The molecule has 1 aromatic carbocycles. The number of nitrogens with one attached hydrogen (secondary N) is 4. The summed E-state index contributed by atoms with van der Waals surface area (Å²) in [6, 6.07) is 6.71. The van der Waals surface area contributed by atoms with Crippen molar-refractivity contribution in [3.8, 4) is 0 Å². The number of carbonyl (C=O) groups is 1. The van der Waals surface area contributed by atoms with E-state index >= 15 is 0 Å². The molecular weight excluding hydrogens is 471 g/mol. The zero-order valence-electron chi connectivity index (χ0n) is 16.2. The fourth-order valence-electron chi connectivity index (χ4n) is 2.40. The molecule has 1 amide bonds. The van der Waals surface area contributed by atoms with Gasteiger partial charge in [0.05, 0.1) is 11.6 Å². The molecule has 11 nitrogen and oxygen atoms in total. The Morgan fingerprint density at radius 2 is 1.97 bits per heavy atom. The molecule has 1 aromatic heterocycles. The van der Waals surface area contributed by atoms with Crippen LogP contribution in [-0.2, 0) is 26.2 Å². The molecule has 6 N–H and O–H groups in total. The van der Waals surface area contributed by atoms with E-state index in [2.05, 4.69) is 15.5 Å². The number of benzene rings is 1. The maximum absolute atomic E-state index is 12.8. The smallest absolute Gasteiger partial charge is 0.275 e. The van der Waals surface area contributed by atoms with E-state index in [1.807, 2.05) is 0 Å². The Labute approximate surface area is 188 Å². The van der Waals surface area contributed by atoms with Crippen LogP contribution < -0.4 is 26.8 Å². The van der Waals surface area contributed by atoms with Crippen LogP contribution in [0.25, 0.3) is 0 Å². The first-order valence-electron chi connectivity index (χ1n) is 8.68. The number of hydrogen-bond donors (Lipinski definition) is 5. The highest BCUT2D eigenvalue weighted by Gasteiger charge is 2.21. The summed E-state index contributed by atoms with van der Waals surface area (Å²) in [4.78, 5) is 29.4. The molecule has 0 aliphatic heterocycles. The molecule has 0 unspecified atom stereocenters. The van der Waals surface area contributed by atoms with E-state index in [1.54, 1.807) is 6.92 Å². The number of hydrogen-bond acceptors (Lipinski definition) is 6. The van der Waals surface area contributed by atoms with Gasteiger partial charge in [-0.05, 0) is 37.3 Å². The van der Waals surface area contributed by atoms with Crippen LogP contribution >= 0.6 is 23.2 Å². The molecular formula is C17H20Cl2N6O5S. The van der Waals surface area contributed by atoms with Crippen LogP contribution in [0.2, 0.25) is 10.0 Å². The Morgan fingerprint density at radius 1 is 1.26 bits per heavy atom. The third-order valence-corrected chi connectivity index (χ3v) is 5.91. The lowest BCUT2D eigenvalue weighted by Crippen LogP contribution is -2.37. The van der Waals surface area contributed by atoms with Crippen LogP contribution in [0, 0.1) is 12.3 Å². The Morgan fingerprint density at radius 3 is 2.65 bits per heavy atom. The van der Waals surface area contributed by atoms with Gasteiger partial charge in [-0.25, -0.2) is 13.9 Å². The number of rotatable bonds is 9. The van der Waals surface area contributed by atoms with Gasteiger partial charge in [-0.15, -0.1) is 0 Å². The minimum absolute atomic E-state index is 0.0272. The molecule has 0 atom stereocenters. The van der Waals surface area contributed by atoms with Gasteiger partial charge in [0.1, 0.15) is 17.1 Å². The van der Waals surface area contributed by atoms with Gasteiger partial charge >= 0.3 is 0 Å². The maximum atomic E-state index is 12.8. The summed E-state index contributed by atoms with van der Waals surface area (Å²) < 4.78 is 28.6. The predicted molar refractivity (Wildman–Crippen MR) is 117 cm³/mol. The number of anilines is 1. The van der Waals surface area contributed by atoms with Crippen LogP contribution in [0.15, 0.2) is 40.0 Å². The lowest BCUT2D eigenvalue weighted by molar-refractivity contribution is -0.122. The zero-order valence-corrected chi connectivity index (χ0v) is 18.6. The molecule has 0 saturated heterocycles. The highest BCUT2D eigenvalue weighted by atomic mass is 35.5. The van der Waals surface area contributed by atoms with Crippen LogP contribution in [0.1, 0.15) is 5.69 Å². The van der Waals surface area contributed by atoms with Gasteiger partial charge in [-0.1, -0.05) is 23.2 Å². The molecule has 0 aliphatic carbocycles. The van der Waals surface area contributed by atoms with Gasteiger partial charge in [0.15, 0.2) is 0 Å². The zero-order chi connectivity index (χ0) is 23.2. The maximum Gasteiger partial charge on any atom is 0.275 e. The second-order valence-corrected chi connectivity index (χ2v) is 8.67. The van der Waals surface area contributed by atoms with Crippen molar-refractivity contribution in [2.75, 3.05) is 17.9 Å². The van der Waals surface area contributed by atoms with Crippen molar-refractivity contribution in [1.82, 2.24) is 15.4 Å². The first-order chi connectivity index (χ1) is 14.5. The SMILES string of the molecule is Cc1ccc(NS(=O)(=O)c2cc(Cl)ccc2Cl)c(=O)n1CC(=O)NCCONC(=N)N. The van der Waals surface area contributed by atoms with Crippen molar-refractivity contribution in [2.45, 2.75) is 18.4 Å². The minimum atomic E-state index is -4.21. The summed E-state index contributed by atoms with van der Waals surface area (Å²) in [6.07, 6.45) is 0. The molecule has 0 saturated carbocycles. The molecule has 1 heterocycles. The first-order valence-corrected chi connectivity index (χ1v) is 10.9. The molecule has 2 aromatic rings. The van der Waals surface area contributed by atoms with Crippen LogP contribution in [0.4, 0.5) is 5.69 Å². The van der Waals surface area contributed by atoms with E-state index in [-0.39, 0.29) is 46.3 Å². The van der Waals surface area contributed by atoms with Crippen molar-refractivity contribution in [3.63, 3.8) is 0 Å². The number of sulfonamides is 1. The molecule has 0 aliphatic rings. The molecule has 2 rings (SSSR count). The lowest BCUT2D eigenvalue weighted by Gasteiger charge is -2.14. The summed E-state index contributed by atoms with van der Waals surface area (Å²) in [6.45, 7) is 1.37. The second-order valence-electron chi connectivity index (χ2n) is 6.17. The van der Waals surface area contributed by atoms with E-state index in [0.717, 1.165) is 10.6 Å². The second kappa shape index (κ2) is 10.5. The van der Waals surface area contributed by atoms with Gasteiger partial charge in [0.25, 0.3) is 15.6 Å². The minimum Gasteiger partial charge on any atom is -0.368 e. The van der Waals surface area contributed by atoms with Gasteiger partial charge < -0.3 is 15.6 Å². The highest BCUT2D eigenvalue weighted by molar-refractivity contribution is 7.92. The van der Waals surface area contributed by atoms with Gasteiger partial charge in [0.2, 0.25) is 11.9 Å². The van der Waals surface area contributed by atoms with E-state index in [1.165, 1.54) is 24.3 Å². The van der Waals surface area contributed by atoms with Crippen molar-refractivity contribution in [2.24, 2.45) is 5.73 Å². The Kier molecular flexibility index (Phi) is 8.28. The first kappa shape index (κ1) is 24.5. The van der Waals surface area contributed by atoms with Crippen molar-refractivity contribution >= 4 is 50.8 Å². The molecule has 0 bridgehead atoms. The number of amides is 1. The number of aryl methyl sites for hydroxylation is 1. The Hall–Kier alpha value is -2.80. The van der Waals surface area contributed by atoms with Gasteiger partial charge in [-0.2, -0.15) is 0 Å². The number of pyridine rings is 1. The fourth-order valence-corrected chi connectivity index (χ4v) is 4.22. The monoisotopic (exact) mass is 490 g/mol. The normalized spacial score (nSPS) is 11.1. The van der Waals surface area contributed by atoms with Crippen molar-refractivity contribution < 1.29 is 18.0 Å². The molecule has 31 heavy (non-hydrogen) atoms. The topological polar surface area (TPSA) is 168 Å². The summed E-state index contributed by atoms with van der Waals surface area (Å²) in [7, 11) is -4.21. The van der Waals surface area contributed by atoms with E-state index in [9.17, 15) is 18.0 Å². The molecule has 14 heteroatoms. The Balaban J connectivity index is 2.15. The van der Waals surface area contributed by atoms with Crippen LogP contribution in [0.5, 0.6) is 0 Å². The average molecular weight is 491 g/mol. The highest BCUT2D eigenvalue weighted by Crippen LogP contribution is 2.26. The lowest BCUT2D eigenvalue weighted by atomic mass is 10.3. The van der Waals surface area contributed by atoms with Crippen molar-refractivity contribution in [1.29, 1.82) is 5.41 Å². The van der Waals surface area contributed by atoms with Crippen LogP contribution in [-0.4, -0.2) is 38.0 Å². The van der Waals surface area contributed by atoms with Crippen LogP contribution in [0.3, 0.4) is 0 Å². The van der Waals surface area contributed by atoms with Crippen molar-refractivity contribution in [3.05, 3.63) is 56.4 Å². The number of halogens is 2. The quantitative estimate of drug-likeness (QED) is 0.150. The van der Waals surface area contributed by atoms with E-state index < -0.39 is 21.5 Å². The van der Waals surface area contributed by atoms with E-state index in [4.69, 9.17) is 39.2 Å². The summed E-state index contributed by atoms with van der Waals surface area (Å²) in [5.41, 5.74) is 6.61. The Bertz CT molecular complexity index is 1150. The number of guanidine groups is 1. The van der Waals surface area contributed by atoms with Gasteiger partial charge in [-0.3, -0.25) is 24.6 Å². The molecule has 168 valence electrons. The standard InChI is InChI=1S/C17H20Cl2N6O5S/c1-10-2-5-13(24-31(28,29)14-8-11(18)3-4-12(14)19)16(27)25(10)9-15(26)22-6-7-30-23-17(20)21/h2-5,8,24H,6-7,9H2,1H3,(H,22,26)(H4,20,21,23). The number of hydroxylamine groups is 1. The summed E-state index contributed by atoms with van der Waals surface area (Å²) in [5, 5.41) is 9.54. The molecule has 0 fully saturated rings. The number of carbonyl (C=O) groups excluding carboxylic acids is 1. The number of nitrogens with zero attached hydrogens (tertiary/aromatic N) is 1. The third-order valence-electron chi connectivity index (χ3n) is 3.83. The average Bonchev–Trinajstić information content (AvgIpc) is 2.68. The van der Waals surface area contributed by atoms with Gasteiger partial charge in [0, 0.05) is 17.3 Å². The molecule has 0 radical (unpaired) electrons. The van der Waals surface area contributed by atoms with E-state index in [0.29, 0.717) is 5.69 Å².